The van der Waals surface area contributed by atoms with Crippen LogP contribution >= 0.6 is 0 Å². The maximum absolute atomic E-state index is 13.0. The first-order valence-corrected chi connectivity index (χ1v) is 14.5. The highest BCUT2D eigenvalue weighted by Crippen LogP contribution is 2.30. The van der Waals surface area contributed by atoms with Crippen LogP contribution in [0.1, 0.15) is 26.2 Å². The van der Waals surface area contributed by atoms with E-state index in [0.29, 0.717) is 36.7 Å². The number of anilines is 2. The molecule has 0 aromatic heterocycles. The number of ether oxygens (including phenoxy) is 2. The number of hydrogen-bond donors (Lipinski definition) is 1. The van der Waals surface area contributed by atoms with Gasteiger partial charge in [-0.15, -0.1) is 0 Å². The van der Waals surface area contributed by atoms with E-state index in [2.05, 4.69) is 5.32 Å². The Kier molecular flexibility index (Phi) is 8.29. The summed E-state index contributed by atoms with van der Waals surface area (Å²) in [6, 6.07) is 10.7. The topological polar surface area (TPSA) is 122 Å². The second-order valence-electron chi connectivity index (χ2n) is 8.20. The van der Waals surface area contributed by atoms with Gasteiger partial charge in [-0.25, -0.2) is 16.8 Å². The van der Waals surface area contributed by atoms with Crippen molar-refractivity contribution in [3.05, 3.63) is 42.5 Å². The minimum atomic E-state index is -3.67. The Morgan fingerprint density at radius 3 is 2.26 bits per heavy atom. The highest BCUT2D eigenvalue weighted by atomic mass is 32.2. The maximum atomic E-state index is 13.0. The van der Waals surface area contributed by atoms with E-state index < -0.39 is 32.1 Å². The van der Waals surface area contributed by atoms with Crippen LogP contribution in [-0.4, -0.2) is 66.7 Å². The van der Waals surface area contributed by atoms with E-state index >= 15 is 0 Å². The van der Waals surface area contributed by atoms with Crippen LogP contribution in [-0.2, 0) is 24.8 Å². The molecular weight excluding hydrogens is 494 g/mol. The lowest BCUT2D eigenvalue weighted by molar-refractivity contribution is -0.122. The summed E-state index contributed by atoms with van der Waals surface area (Å²) < 4.78 is 63.0. The van der Waals surface area contributed by atoms with Crippen LogP contribution in [0.25, 0.3) is 0 Å². The molecule has 1 fully saturated rings. The molecule has 0 bridgehead atoms. The summed E-state index contributed by atoms with van der Waals surface area (Å²) in [5.41, 5.74) is 0.683. The molecule has 1 amide bonds. The number of carbonyl (C=O) groups is 1. The van der Waals surface area contributed by atoms with Crippen molar-refractivity contribution in [1.82, 2.24) is 4.31 Å². The fraction of sp³-hybridized carbons (Fsp3) is 0.435. The second-order valence-corrected chi connectivity index (χ2v) is 12.2. The van der Waals surface area contributed by atoms with Crippen molar-refractivity contribution < 1.29 is 31.1 Å². The molecule has 1 N–H and O–H groups in total. The molecule has 10 nitrogen and oxygen atoms in total. The van der Waals surface area contributed by atoms with Gasteiger partial charge in [0.2, 0.25) is 20.0 Å². The summed E-state index contributed by atoms with van der Waals surface area (Å²) in [5, 5.41) is 2.73. The largest absolute Gasteiger partial charge is 0.495 e. The molecule has 192 valence electrons. The number of nitrogens with zero attached hydrogens (tertiary/aromatic N) is 2. The molecule has 0 spiro atoms. The standard InChI is InChI=1S/C23H31N3O7S2/c1-5-21(33-18-10-8-17(9-11-18)25(2)34(4,28)29)23(27)24-20-16-19(12-13-22(20)32-3)35(30,31)26-14-6-7-15-26/h8-13,16,21H,5-7,14-15H2,1-4H3,(H,24,27)/t21-/m1/s1. The van der Waals surface area contributed by atoms with Crippen molar-refractivity contribution in [2.75, 3.05) is 43.1 Å². The smallest absolute Gasteiger partial charge is 0.265 e. The van der Waals surface area contributed by atoms with E-state index in [0.717, 1.165) is 23.4 Å². The minimum absolute atomic E-state index is 0.0788. The molecule has 1 aliphatic rings. The van der Waals surface area contributed by atoms with Crippen molar-refractivity contribution in [3.8, 4) is 11.5 Å². The second kappa shape index (κ2) is 10.8. The highest BCUT2D eigenvalue weighted by molar-refractivity contribution is 7.92. The predicted octanol–water partition coefficient (Wildman–Crippen LogP) is 2.67. The number of carbonyl (C=O) groups excluding carboxylic acids is 1. The lowest BCUT2D eigenvalue weighted by Crippen LogP contribution is -2.33. The first-order valence-electron chi connectivity index (χ1n) is 11.2. The number of rotatable bonds is 10. The molecule has 1 heterocycles. The lowest BCUT2D eigenvalue weighted by Gasteiger charge is -2.21. The summed E-state index contributed by atoms with van der Waals surface area (Å²) in [5.74, 6) is 0.232. The van der Waals surface area contributed by atoms with Gasteiger partial charge < -0.3 is 14.8 Å². The first kappa shape index (κ1) is 26.8. The molecule has 0 radical (unpaired) electrons. The van der Waals surface area contributed by atoms with Gasteiger partial charge in [0, 0.05) is 20.1 Å². The number of methoxy groups -OCH3 is 1. The molecule has 0 unspecified atom stereocenters. The molecular formula is C23H31N3O7S2. The molecule has 35 heavy (non-hydrogen) atoms. The van der Waals surface area contributed by atoms with Gasteiger partial charge in [-0.3, -0.25) is 9.10 Å². The van der Waals surface area contributed by atoms with Gasteiger partial charge in [0.15, 0.2) is 6.10 Å². The van der Waals surface area contributed by atoms with Crippen molar-refractivity contribution in [2.24, 2.45) is 0 Å². The van der Waals surface area contributed by atoms with Gasteiger partial charge in [0.25, 0.3) is 5.91 Å². The zero-order valence-corrected chi connectivity index (χ0v) is 21.9. The van der Waals surface area contributed by atoms with Crippen molar-refractivity contribution in [3.63, 3.8) is 0 Å². The van der Waals surface area contributed by atoms with E-state index in [4.69, 9.17) is 9.47 Å². The van der Waals surface area contributed by atoms with Crippen LogP contribution in [0.15, 0.2) is 47.4 Å². The fourth-order valence-electron chi connectivity index (χ4n) is 3.65. The van der Waals surface area contributed by atoms with Crippen LogP contribution in [0.5, 0.6) is 11.5 Å². The van der Waals surface area contributed by atoms with Gasteiger partial charge in [-0.2, -0.15) is 4.31 Å². The third kappa shape index (κ3) is 6.24. The quantitative estimate of drug-likeness (QED) is 0.506. The molecule has 1 saturated heterocycles. The third-order valence-corrected chi connectivity index (χ3v) is 8.87. The Labute approximate surface area is 206 Å². The van der Waals surface area contributed by atoms with Crippen LogP contribution < -0.4 is 19.1 Å². The summed E-state index contributed by atoms with van der Waals surface area (Å²) in [4.78, 5) is 13.1. The molecule has 1 aliphatic heterocycles. The van der Waals surface area contributed by atoms with Gasteiger partial charge in [0.05, 0.1) is 29.6 Å². The Morgan fingerprint density at radius 2 is 1.71 bits per heavy atom. The van der Waals surface area contributed by atoms with Crippen LogP contribution in [0.4, 0.5) is 11.4 Å². The van der Waals surface area contributed by atoms with Gasteiger partial charge >= 0.3 is 0 Å². The molecule has 12 heteroatoms. The maximum Gasteiger partial charge on any atom is 0.265 e. The summed E-state index contributed by atoms with van der Waals surface area (Å²) in [6.07, 6.45) is 2.21. The third-order valence-electron chi connectivity index (χ3n) is 5.77. The normalized spacial score (nSPS) is 15.4. The zero-order chi connectivity index (χ0) is 25.8. The Balaban J connectivity index is 1.77. The van der Waals surface area contributed by atoms with E-state index in [1.165, 1.54) is 36.7 Å². The molecule has 1 atom stereocenters. The van der Waals surface area contributed by atoms with Crippen LogP contribution in [0.2, 0.25) is 0 Å². The molecule has 3 rings (SSSR count). The van der Waals surface area contributed by atoms with E-state index in [9.17, 15) is 21.6 Å². The van der Waals surface area contributed by atoms with Crippen LogP contribution in [0.3, 0.4) is 0 Å². The van der Waals surface area contributed by atoms with E-state index in [1.54, 1.807) is 31.2 Å². The molecule has 0 saturated carbocycles. The average molecular weight is 526 g/mol. The molecule has 2 aromatic rings. The number of sulfonamides is 2. The molecule has 2 aromatic carbocycles. The van der Waals surface area contributed by atoms with E-state index in [-0.39, 0.29) is 10.6 Å². The Morgan fingerprint density at radius 1 is 1.09 bits per heavy atom. The fourth-order valence-corrected chi connectivity index (χ4v) is 5.70. The van der Waals surface area contributed by atoms with Crippen LogP contribution in [0, 0.1) is 0 Å². The van der Waals surface area contributed by atoms with E-state index in [1.807, 2.05) is 0 Å². The Bertz CT molecular complexity index is 1260. The van der Waals surface area contributed by atoms with Gasteiger partial charge in [-0.05, 0) is 61.7 Å². The number of benzene rings is 2. The zero-order valence-electron chi connectivity index (χ0n) is 20.2. The number of nitrogens with one attached hydrogen (secondary N) is 1. The minimum Gasteiger partial charge on any atom is -0.495 e. The highest BCUT2D eigenvalue weighted by Gasteiger charge is 2.28. The first-order chi connectivity index (χ1) is 16.5. The SMILES string of the molecule is CC[C@@H](Oc1ccc(N(C)S(C)(=O)=O)cc1)C(=O)Nc1cc(S(=O)(=O)N2CCCC2)ccc1OC. The lowest BCUT2D eigenvalue weighted by atomic mass is 10.2. The van der Waals surface area contributed by atoms with Crippen molar-refractivity contribution in [1.29, 1.82) is 0 Å². The van der Waals surface area contributed by atoms with Crippen molar-refractivity contribution in [2.45, 2.75) is 37.2 Å². The number of hydrogen-bond acceptors (Lipinski definition) is 7. The average Bonchev–Trinajstić information content (AvgIpc) is 3.38. The van der Waals surface area contributed by atoms with Gasteiger partial charge in [0.1, 0.15) is 11.5 Å². The monoisotopic (exact) mass is 525 g/mol. The number of amides is 1. The summed E-state index contributed by atoms with van der Waals surface area (Å²) in [6.45, 7) is 2.72. The summed E-state index contributed by atoms with van der Waals surface area (Å²) in [7, 11) is -4.19. The van der Waals surface area contributed by atoms with Gasteiger partial charge in [-0.1, -0.05) is 6.92 Å². The molecule has 0 aliphatic carbocycles. The summed E-state index contributed by atoms with van der Waals surface area (Å²) >= 11 is 0. The predicted molar refractivity (Wildman–Crippen MR) is 134 cm³/mol. The Hall–Kier alpha value is -2.83. The van der Waals surface area contributed by atoms with Crippen molar-refractivity contribution >= 4 is 37.3 Å².